The minimum atomic E-state index is -0.536. The lowest BCUT2D eigenvalue weighted by Crippen LogP contribution is -2.52. The summed E-state index contributed by atoms with van der Waals surface area (Å²) in [4.78, 5) is 39.2. The van der Waals surface area contributed by atoms with Gasteiger partial charge in [0.15, 0.2) is 0 Å². The minimum absolute atomic E-state index is 0.0149. The van der Waals surface area contributed by atoms with Crippen molar-refractivity contribution < 1.29 is 19.2 Å². The van der Waals surface area contributed by atoms with E-state index in [1.807, 2.05) is 24.3 Å². The quantitative estimate of drug-likeness (QED) is 0.265. The molecule has 8 nitrogen and oxygen atoms in total. The van der Waals surface area contributed by atoms with Gasteiger partial charge in [0.05, 0.1) is 24.1 Å². The first-order valence-corrected chi connectivity index (χ1v) is 13.5. The van der Waals surface area contributed by atoms with E-state index < -0.39 is 17.0 Å². The zero-order valence-electron chi connectivity index (χ0n) is 21.6. The van der Waals surface area contributed by atoms with Crippen LogP contribution in [0.25, 0.3) is 0 Å². The van der Waals surface area contributed by atoms with Crippen molar-refractivity contribution in [1.82, 2.24) is 5.32 Å². The van der Waals surface area contributed by atoms with Gasteiger partial charge >= 0.3 is 5.97 Å². The number of carbonyl (C=O) groups excluding carboxylic acids is 2. The third kappa shape index (κ3) is 6.95. The molecule has 1 heterocycles. The average Bonchev–Trinajstić information content (AvgIpc) is 3.04. The molecule has 2 aromatic rings. The fourth-order valence-electron chi connectivity index (χ4n) is 5.57. The van der Waals surface area contributed by atoms with Crippen molar-refractivity contribution in [2.24, 2.45) is 5.92 Å². The summed E-state index contributed by atoms with van der Waals surface area (Å²) >= 11 is 0. The summed E-state index contributed by atoms with van der Waals surface area (Å²) in [6, 6.07) is 13.1. The lowest BCUT2D eigenvalue weighted by Gasteiger charge is -2.29. The first kappa shape index (κ1) is 26.8. The van der Waals surface area contributed by atoms with Crippen LogP contribution >= 0.6 is 0 Å². The second-order valence-corrected chi connectivity index (χ2v) is 10.1. The topological polar surface area (TPSA) is 102 Å². The molecule has 198 valence electrons. The molecule has 2 aromatic carbocycles. The van der Waals surface area contributed by atoms with E-state index in [2.05, 4.69) is 5.32 Å². The second kappa shape index (κ2) is 12.8. The molecule has 0 aromatic heterocycles. The van der Waals surface area contributed by atoms with Gasteiger partial charge in [0.2, 0.25) is 5.91 Å². The van der Waals surface area contributed by atoms with Crippen molar-refractivity contribution in [2.75, 3.05) is 11.5 Å². The van der Waals surface area contributed by atoms with Gasteiger partial charge in [-0.1, -0.05) is 62.4 Å². The summed E-state index contributed by atoms with van der Waals surface area (Å²) in [5, 5.41) is 14.4. The molecule has 2 atom stereocenters. The molecule has 1 aliphatic heterocycles. The third-order valence-electron chi connectivity index (χ3n) is 7.60. The van der Waals surface area contributed by atoms with Crippen LogP contribution in [0.1, 0.15) is 69.4 Å². The van der Waals surface area contributed by atoms with E-state index in [4.69, 9.17) is 4.74 Å². The Hall–Kier alpha value is -3.26. The number of nitro benzene ring substituents is 1. The van der Waals surface area contributed by atoms with Crippen molar-refractivity contribution in [1.29, 1.82) is 0 Å². The molecular formula is C29H37N3O5. The van der Waals surface area contributed by atoms with Gasteiger partial charge in [-0.05, 0) is 55.7 Å². The number of hydrogen-bond acceptors (Lipinski definition) is 6. The monoisotopic (exact) mass is 507 g/mol. The highest BCUT2D eigenvalue weighted by atomic mass is 16.6. The van der Waals surface area contributed by atoms with E-state index >= 15 is 0 Å². The van der Waals surface area contributed by atoms with Crippen LogP contribution in [0.2, 0.25) is 0 Å². The smallest absolute Gasteiger partial charge is 0.323 e. The maximum absolute atomic E-state index is 13.9. The van der Waals surface area contributed by atoms with Gasteiger partial charge in [-0.3, -0.25) is 25.0 Å². The van der Waals surface area contributed by atoms with Gasteiger partial charge in [0.25, 0.3) is 5.69 Å². The van der Waals surface area contributed by atoms with Crippen molar-refractivity contribution in [3.05, 3.63) is 69.8 Å². The Bertz CT molecular complexity index is 1080. The predicted octanol–water partition coefficient (Wildman–Crippen LogP) is 5.32. The molecule has 0 spiro atoms. The van der Waals surface area contributed by atoms with Crippen LogP contribution in [0, 0.1) is 16.0 Å². The summed E-state index contributed by atoms with van der Waals surface area (Å²) in [5.41, 5.74) is 2.72. The lowest BCUT2D eigenvalue weighted by molar-refractivity contribution is -0.384. The van der Waals surface area contributed by atoms with Crippen LogP contribution in [0.4, 0.5) is 11.4 Å². The Morgan fingerprint density at radius 3 is 2.54 bits per heavy atom. The number of aryl methyl sites for hydroxylation is 1. The molecule has 2 aliphatic rings. The first-order chi connectivity index (χ1) is 18.0. The number of benzene rings is 2. The number of nitrogens with one attached hydrogen (secondary N) is 1. The molecule has 0 radical (unpaired) electrons. The highest BCUT2D eigenvalue weighted by Gasteiger charge is 2.34. The van der Waals surface area contributed by atoms with Crippen LogP contribution in [0.5, 0.6) is 0 Å². The molecule has 1 unspecified atom stereocenters. The van der Waals surface area contributed by atoms with E-state index in [0.717, 1.165) is 23.2 Å². The molecule has 1 amide bonds. The standard InChI is InChI=1S/C29H37N3O5/c1-2-37-29(34)26(18-14-21-8-4-3-5-9-21)30-25-19-15-23-10-6-7-11-27(23)31(28(25)33)20-22-12-16-24(17-13-22)32(35)36/h6-7,10-13,16-17,21,25-26,30H,2-5,8-9,14-15,18-20H2,1H3/t25?,26-/m0/s1. The summed E-state index contributed by atoms with van der Waals surface area (Å²) in [6.45, 7) is 2.39. The normalized spacial score (nSPS) is 19.1. The van der Waals surface area contributed by atoms with E-state index in [0.29, 0.717) is 31.8 Å². The van der Waals surface area contributed by atoms with Gasteiger partial charge < -0.3 is 9.64 Å². The fraction of sp³-hybridized carbons (Fsp3) is 0.517. The zero-order chi connectivity index (χ0) is 26.2. The Morgan fingerprint density at radius 2 is 1.84 bits per heavy atom. The highest BCUT2D eigenvalue weighted by Crippen LogP contribution is 2.30. The Kier molecular flexibility index (Phi) is 9.28. The molecule has 1 N–H and O–H groups in total. The van der Waals surface area contributed by atoms with Crippen LogP contribution < -0.4 is 10.2 Å². The van der Waals surface area contributed by atoms with Crippen LogP contribution in [0.15, 0.2) is 48.5 Å². The van der Waals surface area contributed by atoms with Crippen molar-refractivity contribution in [2.45, 2.75) is 83.3 Å². The number of nitro groups is 1. The first-order valence-electron chi connectivity index (χ1n) is 13.5. The predicted molar refractivity (Wildman–Crippen MR) is 142 cm³/mol. The largest absolute Gasteiger partial charge is 0.465 e. The lowest BCUT2D eigenvalue weighted by atomic mass is 9.85. The number of rotatable bonds is 10. The number of nitrogens with zero attached hydrogens (tertiary/aromatic N) is 2. The number of fused-ring (bicyclic) bond motifs is 1. The van der Waals surface area contributed by atoms with Crippen LogP contribution in [-0.2, 0) is 27.3 Å². The molecule has 8 heteroatoms. The summed E-state index contributed by atoms with van der Waals surface area (Å²) in [6.07, 6.45) is 9.08. The number of para-hydroxylation sites is 1. The highest BCUT2D eigenvalue weighted by molar-refractivity contribution is 5.99. The van der Waals surface area contributed by atoms with E-state index in [-0.39, 0.29) is 24.1 Å². The number of amides is 1. The van der Waals surface area contributed by atoms with Crippen LogP contribution in [-0.4, -0.2) is 35.5 Å². The maximum atomic E-state index is 13.9. The van der Waals surface area contributed by atoms with Gasteiger partial charge in [-0.15, -0.1) is 0 Å². The van der Waals surface area contributed by atoms with E-state index in [1.165, 1.54) is 44.2 Å². The maximum Gasteiger partial charge on any atom is 0.323 e. The Balaban J connectivity index is 1.53. The number of esters is 1. The number of anilines is 1. The summed E-state index contributed by atoms with van der Waals surface area (Å²) < 4.78 is 5.39. The average molecular weight is 508 g/mol. The third-order valence-corrected chi connectivity index (χ3v) is 7.60. The molecule has 1 saturated carbocycles. The van der Waals surface area contributed by atoms with Gasteiger partial charge in [-0.25, -0.2) is 0 Å². The number of non-ortho nitro benzene ring substituents is 1. The molecule has 1 aliphatic carbocycles. The molecule has 0 bridgehead atoms. The summed E-state index contributed by atoms with van der Waals surface area (Å²) in [7, 11) is 0. The zero-order valence-corrected chi connectivity index (χ0v) is 21.6. The van der Waals surface area contributed by atoms with Gasteiger partial charge in [-0.2, -0.15) is 0 Å². The van der Waals surface area contributed by atoms with Crippen molar-refractivity contribution >= 4 is 23.3 Å². The molecule has 4 rings (SSSR count). The van der Waals surface area contributed by atoms with Crippen LogP contribution in [0.3, 0.4) is 0 Å². The minimum Gasteiger partial charge on any atom is -0.465 e. The SMILES string of the molecule is CCOC(=O)[C@H](CCC1CCCCC1)NC1CCc2ccccc2N(Cc2ccc([N+](=O)[O-])cc2)C1=O. The van der Waals surface area contributed by atoms with E-state index in [9.17, 15) is 19.7 Å². The van der Waals surface area contributed by atoms with E-state index in [1.54, 1.807) is 24.0 Å². The fourth-order valence-corrected chi connectivity index (χ4v) is 5.57. The Morgan fingerprint density at radius 1 is 1.11 bits per heavy atom. The summed E-state index contributed by atoms with van der Waals surface area (Å²) in [5.74, 6) is 0.227. The molecule has 37 heavy (non-hydrogen) atoms. The van der Waals surface area contributed by atoms with Gasteiger partial charge in [0, 0.05) is 17.8 Å². The van der Waals surface area contributed by atoms with Crippen molar-refractivity contribution in [3.8, 4) is 0 Å². The number of hydrogen-bond donors (Lipinski definition) is 1. The molecule has 0 saturated heterocycles. The van der Waals surface area contributed by atoms with Gasteiger partial charge in [0.1, 0.15) is 6.04 Å². The second-order valence-electron chi connectivity index (χ2n) is 10.1. The molecule has 1 fully saturated rings. The Labute approximate surface area is 218 Å². The number of ether oxygens (including phenoxy) is 1. The molecular weight excluding hydrogens is 470 g/mol. The number of carbonyl (C=O) groups is 2. The van der Waals surface area contributed by atoms with Crippen molar-refractivity contribution in [3.63, 3.8) is 0 Å².